The van der Waals surface area contributed by atoms with Gasteiger partial charge in [0.2, 0.25) is 5.91 Å². The molecule has 0 bridgehead atoms. The fraction of sp³-hybridized carbons (Fsp3) is 0.118. The number of ketones is 1. The van der Waals surface area contributed by atoms with Crippen LogP contribution in [0.25, 0.3) is 0 Å². The summed E-state index contributed by atoms with van der Waals surface area (Å²) >= 11 is 0. The number of nitrogens with two attached hydrogens (primary N) is 1. The van der Waals surface area contributed by atoms with Crippen LogP contribution in [0.15, 0.2) is 48.5 Å². The molecule has 1 heterocycles. The van der Waals surface area contributed by atoms with Gasteiger partial charge in [0.05, 0.1) is 11.3 Å². The first kappa shape index (κ1) is 14.8. The summed E-state index contributed by atoms with van der Waals surface area (Å²) in [5.41, 5.74) is 7.24. The lowest BCUT2D eigenvalue weighted by molar-refractivity contribution is -0.117. The summed E-state index contributed by atoms with van der Waals surface area (Å²) in [6, 6.07) is 12.4. The van der Waals surface area contributed by atoms with E-state index in [1.165, 1.54) is 0 Å². The summed E-state index contributed by atoms with van der Waals surface area (Å²) in [6.45, 7) is 0. The zero-order valence-electron chi connectivity index (χ0n) is 12.2. The molecule has 2 aromatic rings. The number of hydrogen-bond donors (Lipinski definition) is 3. The second-order valence-corrected chi connectivity index (χ2v) is 5.28. The first-order valence-electron chi connectivity index (χ1n) is 7.14. The molecular formula is C17H15N3O3. The standard InChI is InChI=1S/C17H15N3O3/c18-12-7-3-1-5-10(12)16(22)20-14-9-15(21)11-6-2-4-8-13(11)19-17(14)23/h1-8,14H,9,18H2,(H,19,23)(H,20,22)/t14-/m0/s1. The molecule has 116 valence electrons. The maximum Gasteiger partial charge on any atom is 0.254 e. The van der Waals surface area contributed by atoms with Crippen LogP contribution in [0, 0.1) is 0 Å². The fourth-order valence-electron chi connectivity index (χ4n) is 2.50. The number of nitrogen functional groups attached to an aromatic ring is 1. The van der Waals surface area contributed by atoms with Gasteiger partial charge < -0.3 is 16.4 Å². The van der Waals surface area contributed by atoms with E-state index >= 15 is 0 Å². The molecule has 2 aromatic carbocycles. The van der Waals surface area contributed by atoms with E-state index in [9.17, 15) is 14.4 Å². The molecule has 2 amide bonds. The van der Waals surface area contributed by atoms with Gasteiger partial charge in [0, 0.05) is 17.7 Å². The van der Waals surface area contributed by atoms with Crippen molar-refractivity contribution in [3.8, 4) is 0 Å². The zero-order chi connectivity index (χ0) is 16.4. The third-order valence-electron chi connectivity index (χ3n) is 3.70. The number of fused-ring (bicyclic) bond motifs is 1. The van der Waals surface area contributed by atoms with Crippen molar-refractivity contribution < 1.29 is 14.4 Å². The highest BCUT2D eigenvalue weighted by Crippen LogP contribution is 2.22. The molecular weight excluding hydrogens is 294 g/mol. The number of anilines is 2. The number of hydrogen-bond acceptors (Lipinski definition) is 4. The second-order valence-electron chi connectivity index (χ2n) is 5.28. The predicted molar refractivity (Wildman–Crippen MR) is 86.1 cm³/mol. The Morgan fingerprint density at radius 2 is 1.78 bits per heavy atom. The van der Waals surface area contributed by atoms with E-state index in [-0.39, 0.29) is 17.8 Å². The highest BCUT2D eigenvalue weighted by Gasteiger charge is 2.30. The molecule has 0 fully saturated rings. The van der Waals surface area contributed by atoms with Gasteiger partial charge in [0.25, 0.3) is 5.91 Å². The molecule has 1 atom stereocenters. The first-order valence-corrected chi connectivity index (χ1v) is 7.14. The molecule has 0 radical (unpaired) electrons. The number of benzene rings is 2. The molecule has 4 N–H and O–H groups in total. The minimum absolute atomic E-state index is 0.0959. The summed E-state index contributed by atoms with van der Waals surface area (Å²) in [5.74, 6) is -1.11. The predicted octanol–water partition coefficient (Wildman–Crippen LogP) is 1.59. The topological polar surface area (TPSA) is 101 Å². The third kappa shape index (κ3) is 2.91. The molecule has 1 aliphatic heterocycles. The highest BCUT2D eigenvalue weighted by atomic mass is 16.2. The van der Waals surface area contributed by atoms with Crippen LogP contribution >= 0.6 is 0 Å². The molecule has 1 aliphatic rings. The number of Topliss-reactive ketones (excluding diaryl/α,β-unsaturated/α-hetero) is 1. The first-order chi connectivity index (χ1) is 11.1. The van der Waals surface area contributed by atoms with Gasteiger partial charge in [-0.05, 0) is 24.3 Å². The van der Waals surface area contributed by atoms with Gasteiger partial charge in [-0.3, -0.25) is 14.4 Å². The van der Waals surface area contributed by atoms with Crippen molar-refractivity contribution in [3.05, 3.63) is 59.7 Å². The molecule has 23 heavy (non-hydrogen) atoms. The van der Waals surface area contributed by atoms with Crippen LogP contribution in [-0.2, 0) is 4.79 Å². The number of rotatable bonds is 2. The van der Waals surface area contributed by atoms with E-state index in [0.29, 0.717) is 16.9 Å². The number of para-hydroxylation sites is 2. The van der Waals surface area contributed by atoms with Crippen LogP contribution in [0.4, 0.5) is 11.4 Å². The van der Waals surface area contributed by atoms with Crippen molar-refractivity contribution >= 4 is 29.0 Å². The Balaban J connectivity index is 1.82. The lowest BCUT2D eigenvalue weighted by Gasteiger charge is -2.15. The van der Waals surface area contributed by atoms with Crippen molar-refractivity contribution in [2.75, 3.05) is 11.1 Å². The normalized spacial score (nSPS) is 17.0. The summed E-state index contributed by atoms with van der Waals surface area (Å²) in [6.07, 6.45) is -0.0959. The summed E-state index contributed by atoms with van der Waals surface area (Å²) in [7, 11) is 0. The summed E-state index contributed by atoms with van der Waals surface area (Å²) in [5, 5.41) is 5.25. The van der Waals surface area contributed by atoms with Crippen LogP contribution in [0.3, 0.4) is 0 Å². The van der Waals surface area contributed by atoms with Crippen molar-refractivity contribution in [1.29, 1.82) is 0 Å². The van der Waals surface area contributed by atoms with Crippen molar-refractivity contribution in [3.63, 3.8) is 0 Å². The van der Waals surface area contributed by atoms with Crippen molar-refractivity contribution in [2.45, 2.75) is 12.5 Å². The van der Waals surface area contributed by atoms with Crippen LogP contribution < -0.4 is 16.4 Å². The van der Waals surface area contributed by atoms with Gasteiger partial charge in [-0.1, -0.05) is 24.3 Å². The van der Waals surface area contributed by atoms with Gasteiger partial charge in [-0.15, -0.1) is 0 Å². The average molecular weight is 309 g/mol. The molecule has 0 aromatic heterocycles. The van der Waals surface area contributed by atoms with E-state index in [4.69, 9.17) is 5.73 Å². The van der Waals surface area contributed by atoms with Crippen LogP contribution in [-0.4, -0.2) is 23.6 Å². The summed E-state index contributed by atoms with van der Waals surface area (Å²) < 4.78 is 0. The lowest BCUT2D eigenvalue weighted by Crippen LogP contribution is -2.44. The molecule has 6 nitrogen and oxygen atoms in total. The van der Waals surface area contributed by atoms with Gasteiger partial charge >= 0.3 is 0 Å². The zero-order valence-corrected chi connectivity index (χ0v) is 12.2. The Labute approximate surface area is 132 Å². The average Bonchev–Trinajstić information content (AvgIpc) is 2.65. The Bertz CT molecular complexity index is 801. The molecule has 0 spiro atoms. The van der Waals surface area contributed by atoms with Gasteiger partial charge in [0.15, 0.2) is 5.78 Å². The number of carbonyl (C=O) groups excluding carboxylic acids is 3. The molecule has 6 heteroatoms. The Kier molecular flexibility index (Phi) is 3.80. The smallest absolute Gasteiger partial charge is 0.254 e. The van der Waals surface area contributed by atoms with Gasteiger partial charge in [-0.2, -0.15) is 0 Å². The van der Waals surface area contributed by atoms with Crippen molar-refractivity contribution in [2.24, 2.45) is 0 Å². The van der Waals surface area contributed by atoms with Crippen LogP contribution in [0.1, 0.15) is 27.1 Å². The number of nitrogens with one attached hydrogen (secondary N) is 2. The third-order valence-corrected chi connectivity index (χ3v) is 3.70. The molecule has 0 saturated heterocycles. The van der Waals surface area contributed by atoms with Crippen LogP contribution in [0.2, 0.25) is 0 Å². The highest BCUT2D eigenvalue weighted by molar-refractivity contribution is 6.12. The van der Waals surface area contributed by atoms with E-state index < -0.39 is 17.9 Å². The van der Waals surface area contributed by atoms with Crippen molar-refractivity contribution in [1.82, 2.24) is 5.32 Å². The second kappa shape index (κ2) is 5.92. The van der Waals surface area contributed by atoms with E-state index in [2.05, 4.69) is 10.6 Å². The Hall–Kier alpha value is -3.15. The fourth-order valence-corrected chi connectivity index (χ4v) is 2.50. The summed E-state index contributed by atoms with van der Waals surface area (Å²) in [4.78, 5) is 36.8. The molecule has 0 saturated carbocycles. The maximum absolute atomic E-state index is 12.3. The van der Waals surface area contributed by atoms with Crippen LogP contribution in [0.5, 0.6) is 0 Å². The van der Waals surface area contributed by atoms with Gasteiger partial charge in [0.1, 0.15) is 6.04 Å². The van der Waals surface area contributed by atoms with Gasteiger partial charge in [-0.25, -0.2) is 0 Å². The quantitative estimate of drug-likeness (QED) is 0.733. The molecule has 0 unspecified atom stereocenters. The molecule has 0 aliphatic carbocycles. The Morgan fingerprint density at radius 3 is 2.57 bits per heavy atom. The monoisotopic (exact) mass is 309 g/mol. The number of amides is 2. The minimum Gasteiger partial charge on any atom is -0.398 e. The van der Waals surface area contributed by atoms with E-state index in [1.54, 1.807) is 48.5 Å². The SMILES string of the molecule is Nc1ccccc1C(=O)N[C@H]1CC(=O)c2ccccc2NC1=O. The number of carbonyl (C=O) groups is 3. The molecule has 3 rings (SSSR count). The minimum atomic E-state index is -0.943. The lowest BCUT2D eigenvalue weighted by atomic mass is 10.0. The van der Waals surface area contributed by atoms with E-state index in [1.807, 2.05) is 0 Å². The Morgan fingerprint density at radius 1 is 1.09 bits per heavy atom. The largest absolute Gasteiger partial charge is 0.398 e. The van der Waals surface area contributed by atoms with E-state index in [0.717, 1.165) is 0 Å². The maximum atomic E-state index is 12.3.